The van der Waals surface area contributed by atoms with E-state index in [-0.39, 0.29) is 5.91 Å². The van der Waals surface area contributed by atoms with Crippen LogP contribution >= 0.6 is 27.3 Å². The van der Waals surface area contributed by atoms with Crippen molar-refractivity contribution in [3.63, 3.8) is 0 Å². The van der Waals surface area contributed by atoms with Gasteiger partial charge in [-0.1, -0.05) is 6.42 Å². The Morgan fingerprint density at radius 3 is 2.88 bits per heavy atom. The number of thiophene rings is 1. The van der Waals surface area contributed by atoms with Crippen molar-refractivity contribution >= 4 is 33.2 Å². The second kappa shape index (κ2) is 4.15. The van der Waals surface area contributed by atoms with Crippen molar-refractivity contribution in [2.75, 3.05) is 0 Å². The largest absolute Gasteiger partial charge is 0.351 e. The van der Waals surface area contributed by atoms with Crippen molar-refractivity contribution in [1.29, 1.82) is 0 Å². The third kappa shape index (κ3) is 1.93. The number of hydrogen-bond acceptors (Lipinski definition) is 2. The van der Waals surface area contributed by atoms with E-state index in [4.69, 9.17) is 0 Å². The van der Waals surface area contributed by atoms with Gasteiger partial charge < -0.3 is 5.32 Å². The van der Waals surface area contributed by atoms with E-state index in [0.29, 0.717) is 12.5 Å². The van der Waals surface area contributed by atoms with Crippen molar-refractivity contribution < 1.29 is 4.79 Å². The molecular formula is C12H14BrNOS. The highest BCUT2D eigenvalue weighted by molar-refractivity contribution is 9.10. The maximum Gasteiger partial charge on any atom is 0.223 e. The summed E-state index contributed by atoms with van der Waals surface area (Å²) in [6.45, 7) is 0.686. The van der Waals surface area contributed by atoms with E-state index in [1.807, 2.05) is 5.38 Å². The molecule has 2 nitrogen and oxygen atoms in total. The second-order valence-corrected chi connectivity index (χ2v) is 6.64. The van der Waals surface area contributed by atoms with Crippen LogP contribution in [0.25, 0.3) is 0 Å². The summed E-state index contributed by atoms with van der Waals surface area (Å²) in [5, 5.41) is 5.10. The smallest absolute Gasteiger partial charge is 0.223 e. The number of carbonyl (C=O) groups is 1. The number of halogens is 1. The Morgan fingerprint density at radius 2 is 2.25 bits per heavy atom. The van der Waals surface area contributed by atoms with Crippen LogP contribution < -0.4 is 5.32 Å². The molecule has 0 aliphatic heterocycles. The van der Waals surface area contributed by atoms with E-state index < -0.39 is 0 Å². The summed E-state index contributed by atoms with van der Waals surface area (Å²) in [5.41, 5.74) is 0. The molecule has 2 aliphatic rings. The summed E-state index contributed by atoms with van der Waals surface area (Å²) in [6, 6.07) is 2.07. The fourth-order valence-electron chi connectivity index (χ4n) is 2.95. The molecule has 1 N–H and O–H groups in total. The van der Waals surface area contributed by atoms with Gasteiger partial charge in [0.2, 0.25) is 5.91 Å². The molecule has 0 aromatic carbocycles. The van der Waals surface area contributed by atoms with Crippen LogP contribution in [-0.4, -0.2) is 5.91 Å². The van der Waals surface area contributed by atoms with E-state index in [9.17, 15) is 4.79 Å². The molecule has 0 bridgehead atoms. The van der Waals surface area contributed by atoms with Gasteiger partial charge in [0.25, 0.3) is 0 Å². The fraction of sp³-hybridized carbons (Fsp3) is 0.583. The zero-order valence-electron chi connectivity index (χ0n) is 8.91. The molecule has 0 radical (unpaired) electrons. The topological polar surface area (TPSA) is 29.1 Å². The molecule has 0 saturated heterocycles. The molecule has 0 spiro atoms. The quantitative estimate of drug-likeness (QED) is 0.912. The molecule has 2 aliphatic carbocycles. The van der Waals surface area contributed by atoms with Crippen LogP contribution in [0.5, 0.6) is 0 Å². The lowest BCUT2D eigenvalue weighted by atomic mass is 10.1. The third-order valence-electron chi connectivity index (χ3n) is 3.77. The van der Waals surface area contributed by atoms with Crippen molar-refractivity contribution in [3.05, 3.63) is 20.8 Å². The van der Waals surface area contributed by atoms with E-state index >= 15 is 0 Å². The molecule has 3 rings (SSSR count). The van der Waals surface area contributed by atoms with Gasteiger partial charge in [-0.15, -0.1) is 11.3 Å². The van der Waals surface area contributed by atoms with Crippen molar-refractivity contribution in [3.8, 4) is 0 Å². The zero-order valence-corrected chi connectivity index (χ0v) is 11.3. The van der Waals surface area contributed by atoms with Gasteiger partial charge in [0, 0.05) is 20.6 Å². The molecule has 1 aromatic heterocycles. The first kappa shape index (κ1) is 10.8. The molecule has 86 valence electrons. The number of hydrogen-bond donors (Lipinski definition) is 1. The number of amides is 1. The van der Waals surface area contributed by atoms with Crippen LogP contribution in [0.1, 0.15) is 24.1 Å². The minimum absolute atomic E-state index is 0.277. The van der Waals surface area contributed by atoms with Crippen LogP contribution in [0.4, 0.5) is 0 Å². The Labute approximate surface area is 108 Å². The standard InChI is InChI=1S/C12H14BrNOS/c13-7-4-8(16-6-7)5-14-12(15)11-9-2-1-3-10(9)11/h4,6,9-11H,1-3,5H2,(H,14,15). The Balaban J connectivity index is 1.51. The number of nitrogens with one attached hydrogen (secondary N) is 1. The van der Waals surface area contributed by atoms with E-state index in [2.05, 4.69) is 27.3 Å². The van der Waals surface area contributed by atoms with Crippen molar-refractivity contribution in [2.24, 2.45) is 17.8 Å². The van der Waals surface area contributed by atoms with Gasteiger partial charge in [-0.25, -0.2) is 0 Å². The maximum atomic E-state index is 11.9. The Hall–Kier alpha value is -0.350. The first-order chi connectivity index (χ1) is 7.75. The highest BCUT2D eigenvalue weighted by atomic mass is 79.9. The van der Waals surface area contributed by atoms with E-state index in [1.165, 1.54) is 24.1 Å². The molecule has 16 heavy (non-hydrogen) atoms. The molecule has 2 atom stereocenters. The van der Waals surface area contributed by atoms with Crippen LogP contribution in [0.2, 0.25) is 0 Å². The lowest BCUT2D eigenvalue weighted by Crippen LogP contribution is -2.25. The van der Waals surface area contributed by atoms with Crippen LogP contribution in [0.3, 0.4) is 0 Å². The third-order valence-corrected chi connectivity index (χ3v) is 5.47. The summed E-state index contributed by atoms with van der Waals surface area (Å²) in [7, 11) is 0. The van der Waals surface area contributed by atoms with E-state index in [1.54, 1.807) is 11.3 Å². The fourth-order valence-corrected chi connectivity index (χ4v) is 4.34. The first-order valence-electron chi connectivity index (χ1n) is 5.76. The molecule has 2 fully saturated rings. The number of fused-ring (bicyclic) bond motifs is 1. The first-order valence-corrected chi connectivity index (χ1v) is 7.43. The summed E-state index contributed by atoms with van der Waals surface area (Å²) < 4.78 is 1.10. The van der Waals surface area contributed by atoms with Crippen LogP contribution in [0, 0.1) is 17.8 Å². The average Bonchev–Trinajstić information content (AvgIpc) is 2.68. The minimum Gasteiger partial charge on any atom is -0.351 e. The molecule has 1 aromatic rings. The summed E-state index contributed by atoms with van der Waals surface area (Å²) in [6.07, 6.45) is 3.87. The normalized spacial score (nSPS) is 31.2. The van der Waals surface area contributed by atoms with E-state index in [0.717, 1.165) is 16.3 Å². The molecular weight excluding hydrogens is 286 g/mol. The van der Waals surface area contributed by atoms with Crippen molar-refractivity contribution in [2.45, 2.75) is 25.8 Å². The van der Waals surface area contributed by atoms with Gasteiger partial charge in [0.15, 0.2) is 0 Å². The summed E-state index contributed by atoms with van der Waals surface area (Å²) in [4.78, 5) is 13.1. The monoisotopic (exact) mass is 299 g/mol. The number of rotatable bonds is 3. The van der Waals surface area contributed by atoms with Gasteiger partial charge in [0.05, 0.1) is 6.54 Å². The van der Waals surface area contributed by atoms with Crippen LogP contribution in [-0.2, 0) is 11.3 Å². The van der Waals surface area contributed by atoms with Crippen LogP contribution in [0.15, 0.2) is 15.9 Å². The van der Waals surface area contributed by atoms with Gasteiger partial charge in [-0.2, -0.15) is 0 Å². The Kier molecular flexibility index (Phi) is 2.80. The lowest BCUT2D eigenvalue weighted by molar-refractivity contribution is -0.123. The summed E-state index contributed by atoms with van der Waals surface area (Å²) >= 11 is 5.10. The van der Waals surface area contributed by atoms with Gasteiger partial charge in [-0.3, -0.25) is 4.79 Å². The molecule has 2 unspecified atom stereocenters. The predicted molar refractivity (Wildman–Crippen MR) is 68.2 cm³/mol. The minimum atomic E-state index is 0.277. The lowest BCUT2D eigenvalue weighted by Gasteiger charge is -2.04. The second-order valence-electron chi connectivity index (χ2n) is 4.73. The predicted octanol–water partition coefficient (Wildman–Crippen LogP) is 3.17. The Morgan fingerprint density at radius 1 is 1.50 bits per heavy atom. The zero-order chi connectivity index (χ0) is 11.1. The maximum absolute atomic E-state index is 11.9. The highest BCUT2D eigenvalue weighted by Crippen LogP contribution is 2.57. The number of carbonyl (C=O) groups excluding carboxylic acids is 1. The molecule has 2 saturated carbocycles. The summed E-state index contributed by atoms with van der Waals surface area (Å²) in [5.74, 6) is 2.06. The van der Waals surface area contributed by atoms with Gasteiger partial charge in [0.1, 0.15) is 0 Å². The average molecular weight is 300 g/mol. The van der Waals surface area contributed by atoms with Crippen molar-refractivity contribution in [1.82, 2.24) is 5.32 Å². The SMILES string of the molecule is O=C(NCc1cc(Br)cs1)C1C2CCCC21. The van der Waals surface area contributed by atoms with Gasteiger partial charge >= 0.3 is 0 Å². The molecule has 4 heteroatoms. The molecule has 1 heterocycles. The van der Waals surface area contributed by atoms with Gasteiger partial charge in [-0.05, 0) is 46.7 Å². The Bertz CT molecular complexity index is 407. The highest BCUT2D eigenvalue weighted by Gasteiger charge is 2.56. The molecule has 1 amide bonds.